The average molecular weight is 347 g/mol. The molecule has 108 valence electrons. The molecule has 1 N–H and O–H groups in total. The lowest BCUT2D eigenvalue weighted by Gasteiger charge is -2.08. The highest BCUT2D eigenvalue weighted by Gasteiger charge is 2.22. The minimum Gasteiger partial charge on any atom is -0.381 e. The summed E-state index contributed by atoms with van der Waals surface area (Å²) in [4.78, 5) is 10.5. The van der Waals surface area contributed by atoms with Crippen molar-refractivity contribution in [3.8, 4) is 0 Å². The van der Waals surface area contributed by atoms with Gasteiger partial charge in [-0.2, -0.15) is 0 Å². The lowest BCUT2D eigenvalue weighted by atomic mass is 10.1. The first-order valence-electron chi connectivity index (χ1n) is 6.90. The van der Waals surface area contributed by atoms with E-state index in [1.54, 1.807) is 12.1 Å². The molecular weight excluding hydrogens is 332 g/mol. The Hall–Kier alpha value is -1.88. The number of nitrogens with zero attached hydrogens (tertiary/aromatic N) is 1. The molecule has 0 saturated heterocycles. The molecule has 2 aromatic carbocycles. The third-order valence-corrected chi connectivity index (χ3v) is 4.34. The maximum Gasteiger partial charge on any atom is 0.285 e. The number of hydrogen-bond acceptors (Lipinski definition) is 3. The van der Waals surface area contributed by atoms with E-state index in [2.05, 4.69) is 45.5 Å². The lowest BCUT2D eigenvalue weighted by Crippen LogP contribution is -2.00. The smallest absolute Gasteiger partial charge is 0.285 e. The molecule has 3 rings (SSSR count). The monoisotopic (exact) mass is 346 g/mol. The van der Waals surface area contributed by atoms with Crippen LogP contribution >= 0.6 is 15.9 Å². The van der Waals surface area contributed by atoms with Gasteiger partial charge in [0.2, 0.25) is 0 Å². The van der Waals surface area contributed by atoms with Gasteiger partial charge in [0.25, 0.3) is 5.69 Å². The molecule has 5 heteroatoms. The first-order valence-corrected chi connectivity index (χ1v) is 7.69. The van der Waals surface area contributed by atoms with Crippen molar-refractivity contribution in [1.82, 2.24) is 0 Å². The summed E-state index contributed by atoms with van der Waals surface area (Å²) in [6.45, 7) is 0.656. The van der Waals surface area contributed by atoms with Crippen molar-refractivity contribution in [2.24, 2.45) is 0 Å². The Labute approximate surface area is 131 Å². The van der Waals surface area contributed by atoms with Gasteiger partial charge in [-0.1, -0.05) is 24.3 Å². The summed E-state index contributed by atoms with van der Waals surface area (Å²) < 4.78 is 0.492. The molecule has 0 radical (unpaired) electrons. The van der Waals surface area contributed by atoms with Crippen molar-refractivity contribution in [2.75, 3.05) is 5.32 Å². The van der Waals surface area contributed by atoms with Gasteiger partial charge in [0, 0.05) is 18.3 Å². The fraction of sp³-hybridized carbons (Fsp3) is 0.250. The van der Waals surface area contributed by atoms with Crippen molar-refractivity contribution in [1.29, 1.82) is 0 Å². The summed E-state index contributed by atoms with van der Waals surface area (Å²) in [7, 11) is 0. The summed E-state index contributed by atoms with van der Waals surface area (Å²) in [5, 5.41) is 14.1. The minimum atomic E-state index is -0.389. The van der Waals surface area contributed by atoms with Crippen LogP contribution < -0.4 is 5.32 Å². The Balaban J connectivity index is 1.66. The topological polar surface area (TPSA) is 55.2 Å². The highest BCUT2D eigenvalue weighted by atomic mass is 79.9. The molecule has 1 saturated carbocycles. The fourth-order valence-electron chi connectivity index (χ4n) is 2.29. The number of benzene rings is 2. The van der Waals surface area contributed by atoms with Crippen LogP contribution in [0.4, 0.5) is 11.4 Å². The standard InChI is InChI=1S/C16H15BrN2O2/c17-15-8-7-14(9-16(15)19(20)21)18-10-11-1-3-12(4-2-11)13-5-6-13/h1-4,7-9,13,18H,5-6,10H2. The van der Waals surface area contributed by atoms with E-state index in [0.717, 1.165) is 11.6 Å². The van der Waals surface area contributed by atoms with Gasteiger partial charge in [-0.3, -0.25) is 10.1 Å². The van der Waals surface area contributed by atoms with E-state index in [1.807, 2.05) is 6.07 Å². The van der Waals surface area contributed by atoms with E-state index in [0.29, 0.717) is 11.0 Å². The van der Waals surface area contributed by atoms with Gasteiger partial charge < -0.3 is 5.32 Å². The Bertz CT molecular complexity index is 666. The zero-order valence-corrected chi connectivity index (χ0v) is 13.0. The number of anilines is 1. The summed E-state index contributed by atoms with van der Waals surface area (Å²) in [6.07, 6.45) is 2.61. The summed E-state index contributed by atoms with van der Waals surface area (Å²) in [6, 6.07) is 13.7. The second-order valence-corrected chi connectivity index (χ2v) is 6.15. The molecule has 0 amide bonds. The Morgan fingerprint density at radius 2 is 1.90 bits per heavy atom. The highest BCUT2D eigenvalue weighted by Crippen LogP contribution is 2.39. The molecule has 0 aromatic heterocycles. The Kier molecular flexibility index (Phi) is 3.92. The zero-order chi connectivity index (χ0) is 14.8. The van der Waals surface area contributed by atoms with Crippen LogP contribution in [0.3, 0.4) is 0 Å². The predicted octanol–water partition coefficient (Wildman–Crippen LogP) is 4.85. The molecule has 1 aliphatic rings. The second-order valence-electron chi connectivity index (χ2n) is 5.29. The van der Waals surface area contributed by atoms with E-state index >= 15 is 0 Å². The van der Waals surface area contributed by atoms with Crippen LogP contribution in [0.15, 0.2) is 46.9 Å². The van der Waals surface area contributed by atoms with Crippen LogP contribution in [0.5, 0.6) is 0 Å². The maximum absolute atomic E-state index is 10.9. The first kappa shape index (κ1) is 14.1. The van der Waals surface area contributed by atoms with Crippen LogP contribution in [-0.4, -0.2) is 4.92 Å². The molecule has 0 aliphatic heterocycles. The van der Waals surface area contributed by atoms with Crippen molar-refractivity contribution >= 4 is 27.3 Å². The molecule has 21 heavy (non-hydrogen) atoms. The molecule has 0 spiro atoms. The molecule has 1 aliphatic carbocycles. The highest BCUT2D eigenvalue weighted by molar-refractivity contribution is 9.10. The SMILES string of the molecule is O=[N+]([O-])c1cc(NCc2ccc(C3CC3)cc2)ccc1Br. The van der Waals surface area contributed by atoms with Crippen LogP contribution in [0.1, 0.15) is 29.9 Å². The Morgan fingerprint density at radius 1 is 1.19 bits per heavy atom. The Morgan fingerprint density at radius 3 is 2.52 bits per heavy atom. The van der Waals surface area contributed by atoms with Crippen LogP contribution in [0, 0.1) is 10.1 Å². The predicted molar refractivity (Wildman–Crippen MR) is 86.5 cm³/mol. The average Bonchev–Trinajstić information content (AvgIpc) is 3.31. The molecular formula is C16H15BrN2O2. The largest absolute Gasteiger partial charge is 0.381 e. The van der Waals surface area contributed by atoms with Gasteiger partial charge >= 0.3 is 0 Å². The molecule has 0 atom stereocenters. The van der Waals surface area contributed by atoms with E-state index in [-0.39, 0.29) is 10.6 Å². The van der Waals surface area contributed by atoms with E-state index < -0.39 is 0 Å². The van der Waals surface area contributed by atoms with Gasteiger partial charge in [-0.25, -0.2) is 0 Å². The normalized spacial score (nSPS) is 14.0. The minimum absolute atomic E-state index is 0.0732. The summed E-state index contributed by atoms with van der Waals surface area (Å²) in [5.41, 5.74) is 3.41. The van der Waals surface area contributed by atoms with Gasteiger partial charge in [0.1, 0.15) is 0 Å². The first-order chi connectivity index (χ1) is 10.1. The van der Waals surface area contributed by atoms with Crippen molar-refractivity contribution in [3.63, 3.8) is 0 Å². The molecule has 0 unspecified atom stereocenters. The molecule has 1 fully saturated rings. The van der Waals surface area contributed by atoms with Gasteiger partial charge in [-0.05, 0) is 57.9 Å². The fourth-order valence-corrected chi connectivity index (χ4v) is 2.68. The third kappa shape index (κ3) is 3.42. The number of hydrogen-bond donors (Lipinski definition) is 1. The number of nitrogens with one attached hydrogen (secondary N) is 1. The van der Waals surface area contributed by atoms with Gasteiger partial charge in [0.05, 0.1) is 9.40 Å². The summed E-state index contributed by atoms with van der Waals surface area (Å²) >= 11 is 3.18. The molecule has 0 bridgehead atoms. The van der Waals surface area contributed by atoms with Crippen molar-refractivity contribution in [3.05, 3.63) is 68.2 Å². The van der Waals surface area contributed by atoms with Gasteiger partial charge in [-0.15, -0.1) is 0 Å². The maximum atomic E-state index is 10.9. The van der Waals surface area contributed by atoms with Crippen LogP contribution in [0.25, 0.3) is 0 Å². The van der Waals surface area contributed by atoms with Crippen LogP contribution in [-0.2, 0) is 6.54 Å². The second kappa shape index (κ2) is 5.85. The number of halogens is 1. The molecule has 4 nitrogen and oxygen atoms in total. The van der Waals surface area contributed by atoms with Crippen molar-refractivity contribution < 1.29 is 4.92 Å². The van der Waals surface area contributed by atoms with E-state index in [1.165, 1.54) is 24.0 Å². The van der Waals surface area contributed by atoms with Gasteiger partial charge in [0.15, 0.2) is 0 Å². The summed E-state index contributed by atoms with van der Waals surface area (Å²) in [5.74, 6) is 0.765. The number of rotatable bonds is 5. The molecule has 2 aromatic rings. The number of nitro groups is 1. The van der Waals surface area contributed by atoms with E-state index in [9.17, 15) is 10.1 Å². The quantitative estimate of drug-likeness (QED) is 0.622. The van der Waals surface area contributed by atoms with Crippen LogP contribution in [0.2, 0.25) is 0 Å². The third-order valence-electron chi connectivity index (χ3n) is 3.67. The van der Waals surface area contributed by atoms with Crippen molar-refractivity contribution in [2.45, 2.75) is 25.3 Å². The number of nitro benzene ring substituents is 1. The molecule has 0 heterocycles. The van der Waals surface area contributed by atoms with E-state index in [4.69, 9.17) is 0 Å². The zero-order valence-electron chi connectivity index (χ0n) is 11.4. The lowest BCUT2D eigenvalue weighted by molar-refractivity contribution is -0.385.